The van der Waals surface area contributed by atoms with Crippen molar-refractivity contribution in [2.45, 2.75) is 19.0 Å². The van der Waals surface area contributed by atoms with E-state index in [1.165, 1.54) is 0 Å². The van der Waals surface area contributed by atoms with Crippen molar-refractivity contribution in [3.8, 4) is 17.3 Å². The Labute approximate surface area is 188 Å². The lowest BCUT2D eigenvalue weighted by molar-refractivity contribution is 0.394. The fourth-order valence-electron chi connectivity index (χ4n) is 3.73. The van der Waals surface area contributed by atoms with Gasteiger partial charge >= 0.3 is 0 Å². The van der Waals surface area contributed by atoms with Crippen LogP contribution < -0.4 is 25.0 Å². The highest BCUT2D eigenvalue weighted by Crippen LogP contribution is 2.30. The summed E-state index contributed by atoms with van der Waals surface area (Å²) >= 11 is 0. The number of imidazole rings is 1. The summed E-state index contributed by atoms with van der Waals surface area (Å²) in [4.78, 5) is 15.3. The Morgan fingerprint density at radius 3 is 2.62 bits per heavy atom. The predicted molar refractivity (Wildman–Crippen MR) is 125 cm³/mol. The number of ether oxygens (including phenoxy) is 2. The number of hydrogen-bond acceptors (Lipinski definition) is 6. The van der Waals surface area contributed by atoms with Gasteiger partial charge in [0.2, 0.25) is 0 Å². The molecule has 9 heteroatoms. The van der Waals surface area contributed by atoms with Crippen molar-refractivity contribution in [3.05, 3.63) is 60.8 Å². The first-order valence-corrected chi connectivity index (χ1v) is 10.6. The van der Waals surface area contributed by atoms with Gasteiger partial charge in [0.15, 0.2) is 5.96 Å². The van der Waals surface area contributed by atoms with E-state index >= 15 is 0 Å². The molecule has 9 nitrogen and oxygen atoms in total. The molecule has 32 heavy (non-hydrogen) atoms. The van der Waals surface area contributed by atoms with Crippen LogP contribution >= 0.6 is 0 Å². The number of methoxy groups -OCH3 is 2. The fourth-order valence-corrected chi connectivity index (χ4v) is 3.73. The molecule has 0 aliphatic carbocycles. The number of rotatable bonds is 7. The van der Waals surface area contributed by atoms with E-state index in [0.29, 0.717) is 12.6 Å². The Kier molecular flexibility index (Phi) is 6.74. The number of pyridine rings is 1. The Morgan fingerprint density at radius 2 is 2.00 bits per heavy atom. The van der Waals surface area contributed by atoms with Gasteiger partial charge in [-0.2, -0.15) is 0 Å². The summed E-state index contributed by atoms with van der Waals surface area (Å²) in [5.41, 5.74) is 2.17. The lowest BCUT2D eigenvalue weighted by Gasteiger charge is -2.21. The maximum atomic E-state index is 5.41. The lowest BCUT2D eigenvalue weighted by atomic mass is 10.2. The lowest BCUT2D eigenvalue weighted by Crippen LogP contribution is -2.44. The van der Waals surface area contributed by atoms with E-state index in [9.17, 15) is 0 Å². The first kappa shape index (κ1) is 21.5. The van der Waals surface area contributed by atoms with Crippen LogP contribution in [-0.2, 0) is 6.54 Å². The van der Waals surface area contributed by atoms with E-state index in [2.05, 4.69) is 36.6 Å². The molecule has 0 bridgehead atoms. The van der Waals surface area contributed by atoms with E-state index in [4.69, 9.17) is 9.47 Å². The van der Waals surface area contributed by atoms with Crippen LogP contribution in [0.25, 0.3) is 5.82 Å². The number of nitrogens with one attached hydrogen (secondary N) is 2. The average molecular weight is 436 g/mol. The maximum absolute atomic E-state index is 5.41. The third-order valence-corrected chi connectivity index (χ3v) is 5.49. The molecule has 1 aromatic carbocycles. The minimum absolute atomic E-state index is 0.292. The van der Waals surface area contributed by atoms with E-state index in [-0.39, 0.29) is 0 Å². The Bertz CT molecular complexity index is 1010. The van der Waals surface area contributed by atoms with Gasteiger partial charge < -0.3 is 25.0 Å². The van der Waals surface area contributed by atoms with Crippen LogP contribution in [0.15, 0.2) is 60.2 Å². The van der Waals surface area contributed by atoms with Crippen molar-refractivity contribution < 1.29 is 9.47 Å². The molecule has 168 valence electrons. The summed E-state index contributed by atoms with van der Waals surface area (Å²) in [7, 11) is 5.13. The Morgan fingerprint density at radius 1 is 1.19 bits per heavy atom. The van der Waals surface area contributed by atoms with E-state index < -0.39 is 0 Å². The molecule has 1 atom stereocenters. The van der Waals surface area contributed by atoms with Gasteiger partial charge in [0, 0.05) is 75.2 Å². The summed E-state index contributed by atoms with van der Waals surface area (Å²) in [5.74, 6) is 3.20. The first-order valence-electron chi connectivity index (χ1n) is 10.6. The van der Waals surface area contributed by atoms with Crippen LogP contribution in [0, 0.1) is 0 Å². The molecule has 0 radical (unpaired) electrons. The second-order valence-electron chi connectivity index (χ2n) is 7.57. The van der Waals surface area contributed by atoms with Gasteiger partial charge in [-0.25, -0.2) is 9.97 Å². The van der Waals surface area contributed by atoms with Gasteiger partial charge in [-0.05, 0) is 18.1 Å². The molecule has 1 unspecified atom stereocenters. The van der Waals surface area contributed by atoms with Crippen molar-refractivity contribution in [1.82, 2.24) is 25.2 Å². The highest BCUT2D eigenvalue weighted by atomic mass is 16.5. The van der Waals surface area contributed by atoms with E-state index in [0.717, 1.165) is 54.0 Å². The number of aliphatic imine (C=N–C) groups is 1. The van der Waals surface area contributed by atoms with Crippen molar-refractivity contribution >= 4 is 11.6 Å². The van der Waals surface area contributed by atoms with Gasteiger partial charge in [-0.3, -0.25) is 9.56 Å². The fraction of sp³-hybridized carbons (Fsp3) is 0.348. The maximum Gasteiger partial charge on any atom is 0.191 e. The van der Waals surface area contributed by atoms with Crippen molar-refractivity contribution in [2.75, 3.05) is 39.3 Å². The van der Waals surface area contributed by atoms with Crippen LogP contribution in [0.1, 0.15) is 12.0 Å². The zero-order chi connectivity index (χ0) is 22.3. The minimum atomic E-state index is 0.292. The zero-order valence-corrected chi connectivity index (χ0v) is 18.7. The minimum Gasteiger partial charge on any atom is -0.497 e. The topological polar surface area (TPSA) is 88.8 Å². The standard InChI is InChI=1S/C23H29N7O2/c1-24-23(27-14-17-4-5-22(26-13-17)30-9-7-25-16-30)28-18-6-8-29(15-18)19-10-20(31-2)12-21(11-19)32-3/h4-5,7,9-13,16,18H,6,8,14-15H2,1-3H3,(H2,24,27,28). The monoisotopic (exact) mass is 435 g/mol. The first-order chi connectivity index (χ1) is 15.7. The Hall–Kier alpha value is -3.75. The molecule has 0 saturated carbocycles. The van der Waals surface area contributed by atoms with Crippen molar-refractivity contribution in [1.29, 1.82) is 0 Å². The number of aromatic nitrogens is 3. The summed E-state index contributed by atoms with van der Waals surface area (Å²) < 4.78 is 12.7. The molecule has 3 aromatic rings. The molecule has 2 aromatic heterocycles. The number of benzene rings is 1. The number of anilines is 1. The molecule has 1 aliphatic rings. The van der Waals surface area contributed by atoms with Crippen LogP contribution in [0.2, 0.25) is 0 Å². The van der Waals surface area contributed by atoms with Gasteiger partial charge in [-0.1, -0.05) is 6.07 Å². The molecular weight excluding hydrogens is 406 g/mol. The van der Waals surface area contributed by atoms with Crippen LogP contribution in [0.3, 0.4) is 0 Å². The second-order valence-corrected chi connectivity index (χ2v) is 7.57. The molecule has 3 heterocycles. The highest BCUT2D eigenvalue weighted by molar-refractivity contribution is 5.80. The van der Waals surface area contributed by atoms with E-state index in [1.54, 1.807) is 33.8 Å². The molecule has 0 amide bonds. The van der Waals surface area contributed by atoms with Gasteiger partial charge in [0.1, 0.15) is 23.6 Å². The predicted octanol–water partition coefficient (Wildman–Crippen LogP) is 2.23. The molecule has 2 N–H and O–H groups in total. The van der Waals surface area contributed by atoms with Crippen molar-refractivity contribution in [2.24, 2.45) is 4.99 Å². The molecule has 1 saturated heterocycles. The molecule has 1 aliphatic heterocycles. The third-order valence-electron chi connectivity index (χ3n) is 5.49. The summed E-state index contributed by atoms with van der Waals surface area (Å²) in [6, 6.07) is 10.3. The van der Waals surface area contributed by atoms with Crippen LogP contribution in [-0.4, -0.2) is 60.9 Å². The van der Waals surface area contributed by atoms with Crippen molar-refractivity contribution in [3.63, 3.8) is 0 Å². The zero-order valence-electron chi connectivity index (χ0n) is 18.7. The van der Waals surface area contributed by atoms with Gasteiger partial charge in [0.25, 0.3) is 0 Å². The summed E-state index contributed by atoms with van der Waals surface area (Å²) in [6.07, 6.45) is 8.23. The average Bonchev–Trinajstić information content (AvgIpc) is 3.54. The third kappa shape index (κ3) is 5.11. The second kappa shape index (κ2) is 10.0. The van der Waals surface area contributed by atoms with E-state index in [1.807, 2.05) is 41.2 Å². The van der Waals surface area contributed by atoms with Crippen LogP contribution in [0.5, 0.6) is 11.5 Å². The number of nitrogens with zero attached hydrogens (tertiary/aromatic N) is 5. The van der Waals surface area contributed by atoms with Gasteiger partial charge in [-0.15, -0.1) is 0 Å². The smallest absolute Gasteiger partial charge is 0.191 e. The molecule has 1 fully saturated rings. The highest BCUT2D eigenvalue weighted by Gasteiger charge is 2.24. The molecule has 0 spiro atoms. The normalized spacial score (nSPS) is 16.2. The number of hydrogen-bond donors (Lipinski definition) is 2. The quantitative estimate of drug-likeness (QED) is 0.435. The Balaban J connectivity index is 1.31. The summed E-state index contributed by atoms with van der Waals surface area (Å²) in [6.45, 7) is 2.46. The number of guanidine groups is 1. The molecular formula is C23H29N7O2. The summed E-state index contributed by atoms with van der Waals surface area (Å²) in [5, 5.41) is 6.91. The largest absolute Gasteiger partial charge is 0.497 e. The SMILES string of the molecule is CN=C(NCc1ccc(-n2ccnc2)nc1)NC1CCN(c2cc(OC)cc(OC)c2)C1. The van der Waals surface area contributed by atoms with Crippen LogP contribution in [0.4, 0.5) is 5.69 Å². The van der Waals surface area contributed by atoms with Gasteiger partial charge in [0.05, 0.1) is 14.2 Å². The molecule has 4 rings (SSSR count).